The fourth-order valence-electron chi connectivity index (χ4n) is 1.47. The van der Waals surface area contributed by atoms with Crippen LogP contribution in [0.2, 0.25) is 0 Å². The number of nitrogens with one attached hydrogen (secondary N) is 1. The lowest BCUT2D eigenvalue weighted by Gasteiger charge is -2.02. The van der Waals surface area contributed by atoms with Crippen LogP contribution in [0.15, 0.2) is 34.7 Å². The van der Waals surface area contributed by atoms with E-state index < -0.39 is 0 Å². The molecule has 0 amide bonds. The molecule has 2 heteroatoms. The summed E-state index contributed by atoms with van der Waals surface area (Å²) in [6.45, 7) is 0.939. The van der Waals surface area contributed by atoms with Crippen LogP contribution < -0.4 is 4.90 Å². The molecule has 0 saturated heterocycles. The maximum Gasteiger partial charge on any atom is 0.159 e. The SMILES string of the molecule is C[NH+](C)Cc1cc2ccccc2o1. The largest absolute Gasteiger partial charge is 0.455 e. The third kappa shape index (κ3) is 1.73. The van der Waals surface area contributed by atoms with E-state index in [0.717, 1.165) is 17.9 Å². The van der Waals surface area contributed by atoms with Crippen molar-refractivity contribution in [3.8, 4) is 0 Å². The molecule has 1 aromatic heterocycles. The van der Waals surface area contributed by atoms with Crippen LogP contribution in [-0.4, -0.2) is 14.1 Å². The first-order valence-electron chi connectivity index (χ1n) is 4.52. The van der Waals surface area contributed by atoms with Crippen molar-refractivity contribution in [1.82, 2.24) is 0 Å². The van der Waals surface area contributed by atoms with E-state index in [-0.39, 0.29) is 0 Å². The second-order valence-corrected chi connectivity index (χ2v) is 3.63. The number of fused-ring (bicyclic) bond motifs is 1. The van der Waals surface area contributed by atoms with E-state index in [1.165, 1.54) is 10.3 Å². The Morgan fingerprint density at radius 1 is 1.23 bits per heavy atom. The Bertz CT molecular complexity index is 370. The van der Waals surface area contributed by atoms with Gasteiger partial charge in [-0.1, -0.05) is 18.2 Å². The topological polar surface area (TPSA) is 17.6 Å². The summed E-state index contributed by atoms with van der Waals surface area (Å²) >= 11 is 0. The van der Waals surface area contributed by atoms with Crippen LogP contribution in [0.5, 0.6) is 0 Å². The van der Waals surface area contributed by atoms with Gasteiger partial charge in [-0.25, -0.2) is 0 Å². The van der Waals surface area contributed by atoms with Gasteiger partial charge in [0.1, 0.15) is 12.1 Å². The van der Waals surface area contributed by atoms with Gasteiger partial charge in [-0.15, -0.1) is 0 Å². The highest BCUT2D eigenvalue weighted by Gasteiger charge is 2.04. The van der Waals surface area contributed by atoms with E-state index in [2.05, 4.69) is 26.2 Å². The van der Waals surface area contributed by atoms with Crippen molar-refractivity contribution < 1.29 is 9.32 Å². The molecule has 0 bridgehead atoms. The smallest absolute Gasteiger partial charge is 0.159 e. The maximum atomic E-state index is 5.66. The van der Waals surface area contributed by atoms with Gasteiger partial charge < -0.3 is 9.32 Å². The average Bonchev–Trinajstić information content (AvgIpc) is 2.44. The van der Waals surface area contributed by atoms with Crippen LogP contribution >= 0.6 is 0 Å². The van der Waals surface area contributed by atoms with Crippen molar-refractivity contribution in [1.29, 1.82) is 0 Å². The number of para-hydroxylation sites is 1. The first-order chi connectivity index (χ1) is 6.25. The summed E-state index contributed by atoms with van der Waals surface area (Å²) in [7, 11) is 4.24. The van der Waals surface area contributed by atoms with E-state index in [1.54, 1.807) is 0 Å². The summed E-state index contributed by atoms with van der Waals surface area (Å²) in [6.07, 6.45) is 0. The highest BCUT2D eigenvalue weighted by atomic mass is 16.3. The first kappa shape index (κ1) is 8.32. The van der Waals surface area contributed by atoms with Gasteiger partial charge in [-0.3, -0.25) is 0 Å². The van der Waals surface area contributed by atoms with Gasteiger partial charge in [0.2, 0.25) is 0 Å². The van der Waals surface area contributed by atoms with Crippen LogP contribution in [0.4, 0.5) is 0 Å². The standard InChI is InChI=1S/C11H13NO/c1-12(2)8-10-7-9-5-3-4-6-11(9)13-10/h3-7H,8H2,1-2H3/p+1. The van der Waals surface area contributed by atoms with Gasteiger partial charge in [0.25, 0.3) is 0 Å². The fraction of sp³-hybridized carbons (Fsp3) is 0.273. The lowest BCUT2D eigenvalue weighted by atomic mass is 10.2. The Hall–Kier alpha value is -1.28. The number of hydrogen-bond acceptors (Lipinski definition) is 1. The molecule has 2 aromatic rings. The molecule has 0 aliphatic carbocycles. The minimum atomic E-state index is 0.939. The predicted octanol–water partition coefficient (Wildman–Crippen LogP) is 1.08. The molecular weight excluding hydrogens is 162 g/mol. The number of rotatable bonds is 2. The first-order valence-corrected chi connectivity index (χ1v) is 4.52. The summed E-state index contributed by atoms with van der Waals surface area (Å²) in [5.41, 5.74) is 0.985. The van der Waals surface area contributed by atoms with Crippen LogP contribution in [0.1, 0.15) is 5.76 Å². The predicted molar refractivity (Wildman–Crippen MR) is 52.7 cm³/mol. The van der Waals surface area contributed by atoms with Gasteiger partial charge >= 0.3 is 0 Å². The zero-order valence-corrected chi connectivity index (χ0v) is 8.00. The molecule has 0 aliphatic heterocycles. The minimum Gasteiger partial charge on any atom is -0.455 e. The van der Waals surface area contributed by atoms with E-state index in [9.17, 15) is 0 Å². The van der Waals surface area contributed by atoms with E-state index in [0.29, 0.717) is 0 Å². The normalized spacial score (nSPS) is 11.3. The molecule has 2 nitrogen and oxygen atoms in total. The molecule has 1 heterocycles. The molecule has 68 valence electrons. The average molecular weight is 176 g/mol. The highest BCUT2D eigenvalue weighted by Crippen LogP contribution is 2.17. The van der Waals surface area contributed by atoms with Gasteiger partial charge in [-0.2, -0.15) is 0 Å². The quantitative estimate of drug-likeness (QED) is 0.724. The van der Waals surface area contributed by atoms with Crippen molar-refractivity contribution in [3.05, 3.63) is 36.1 Å². The zero-order valence-electron chi connectivity index (χ0n) is 8.00. The van der Waals surface area contributed by atoms with E-state index in [1.807, 2.05) is 18.2 Å². The third-order valence-electron chi connectivity index (χ3n) is 2.00. The Kier molecular flexibility index (Phi) is 2.07. The molecule has 1 aromatic carbocycles. The van der Waals surface area contributed by atoms with Gasteiger partial charge in [0.15, 0.2) is 5.76 Å². The second-order valence-electron chi connectivity index (χ2n) is 3.63. The maximum absolute atomic E-state index is 5.66. The van der Waals surface area contributed by atoms with E-state index >= 15 is 0 Å². The van der Waals surface area contributed by atoms with Gasteiger partial charge in [0.05, 0.1) is 14.1 Å². The zero-order chi connectivity index (χ0) is 9.26. The van der Waals surface area contributed by atoms with Crippen LogP contribution in [-0.2, 0) is 6.54 Å². The number of benzene rings is 1. The van der Waals surface area contributed by atoms with Crippen LogP contribution in [0, 0.1) is 0 Å². The van der Waals surface area contributed by atoms with Crippen LogP contribution in [0.3, 0.4) is 0 Å². The minimum absolute atomic E-state index is 0.939. The summed E-state index contributed by atoms with van der Waals surface area (Å²) in [6, 6.07) is 10.2. The molecular formula is C11H14NO+. The fourth-order valence-corrected chi connectivity index (χ4v) is 1.47. The Morgan fingerprint density at radius 2 is 2.00 bits per heavy atom. The molecule has 0 radical (unpaired) electrons. The molecule has 0 spiro atoms. The summed E-state index contributed by atoms with van der Waals surface area (Å²) in [5.74, 6) is 1.06. The number of quaternary nitrogens is 1. The highest BCUT2D eigenvalue weighted by molar-refractivity contribution is 5.77. The Morgan fingerprint density at radius 3 is 2.69 bits per heavy atom. The van der Waals surface area contributed by atoms with Gasteiger partial charge in [0, 0.05) is 5.39 Å². The molecule has 1 N–H and O–H groups in total. The lowest BCUT2D eigenvalue weighted by Crippen LogP contribution is -3.04. The molecule has 13 heavy (non-hydrogen) atoms. The summed E-state index contributed by atoms with van der Waals surface area (Å²) in [5, 5.41) is 1.19. The van der Waals surface area contributed by atoms with Crippen molar-refractivity contribution in [2.75, 3.05) is 14.1 Å². The van der Waals surface area contributed by atoms with Crippen LogP contribution in [0.25, 0.3) is 11.0 Å². The van der Waals surface area contributed by atoms with Crippen molar-refractivity contribution in [2.45, 2.75) is 6.54 Å². The molecule has 0 atom stereocenters. The monoisotopic (exact) mass is 176 g/mol. The van der Waals surface area contributed by atoms with Crippen molar-refractivity contribution in [3.63, 3.8) is 0 Å². The molecule has 0 unspecified atom stereocenters. The Balaban J connectivity index is 2.38. The van der Waals surface area contributed by atoms with Gasteiger partial charge in [-0.05, 0) is 12.1 Å². The van der Waals surface area contributed by atoms with Crippen molar-refractivity contribution >= 4 is 11.0 Å². The molecule has 0 saturated carbocycles. The number of hydrogen-bond donors (Lipinski definition) is 1. The molecule has 0 aliphatic rings. The number of furan rings is 1. The van der Waals surface area contributed by atoms with Crippen molar-refractivity contribution in [2.24, 2.45) is 0 Å². The Labute approximate surface area is 77.8 Å². The third-order valence-corrected chi connectivity index (χ3v) is 2.00. The summed E-state index contributed by atoms with van der Waals surface area (Å²) < 4.78 is 5.66. The lowest BCUT2D eigenvalue weighted by molar-refractivity contribution is -0.873. The molecule has 0 fully saturated rings. The summed E-state index contributed by atoms with van der Waals surface area (Å²) in [4.78, 5) is 1.37. The second kappa shape index (κ2) is 3.23. The van der Waals surface area contributed by atoms with E-state index in [4.69, 9.17) is 4.42 Å². The molecule has 2 rings (SSSR count).